The number of aliphatic hydroxyl groups is 1. The van der Waals surface area contributed by atoms with Gasteiger partial charge >= 0.3 is 6.09 Å². The van der Waals surface area contributed by atoms with Gasteiger partial charge in [-0.05, 0) is 50.8 Å². The van der Waals surface area contributed by atoms with Crippen molar-refractivity contribution in [3.05, 3.63) is 35.6 Å². The molecule has 1 aromatic carbocycles. The second-order valence-corrected chi connectivity index (χ2v) is 6.82. The zero-order valence-corrected chi connectivity index (χ0v) is 13.4. The first-order valence-electron chi connectivity index (χ1n) is 7.64. The molecule has 1 amide bonds. The molecule has 0 saturated carbocycles. The maximum absolute atomic E-state index is 13.0. The second kappa shape index (κ2) is 6.65. The molecule has 1 N–H and O–H groups in total. The molecule has 1 heterocycles. The first kappa shape index (κ1) is 16.7. The zero-order valence-electron chi connectivity index (χ0n) is 13.4. The van der Waals surface area contributed by atoms with Gasteiger partial charge in [-0.1, -0.05) is 12.1 Å². The minimum Gasteiger partial charge on any atom is -0.444 e. The van der Waals surface area contributed by atoms with Gasteiger partial charge in [0.25, 0.3) is 0 Å². The predicted octanol–water partition coefficient (Wildman–Crippen LogP) is 3.16. The van der Waals surface area contributed by atoms with E-state index in [0.29, 0.717) is 13.1 Å². The summed E-state index contributed by atoms with van der Waals surface area (Å²) in [5, 5.41) is 9.66. The van der Waals surface area contributed by atoms with E-state index in [1.807, 2.05) is 20.8 Å². The van der Waals surface area contributed by atoms with E-state index in [0.717, 1.165) is 12.0 Å². The van der Waals surface area contributed by atoms with E-state index in [9.17, 15) is 14.3 Å². The number of ether oxygens (including phenoxy) is 1. The molecule has 4 nitrogen and oxygen atoms in total. The van der Waals surface area contributed by atoms with Crippen molar-refractivity contribution >= 4 is 6.09 Å². The van der Waals surface area contributed by atoms with E-state index in [4.69, 9.17) is 4.74 Å². The van der Waals surface area contributed by atoms with Crippen LogP contribution in [0.1, 0.15) is 38.7 Å². The summed E-state index contributed by atoms with van der Waals surface area (Å²) >= 11 is 0. The summed E-state index contributed by atoms with van der Waals surface area (Å²) in [6.07, 6.45) is 0.388. The van der Waals surface area contributed by atoms with E-state index in [1.165, 1.54) is 12.1 Å². The van der Waals surface area contributed by atoms with Gasteiger partial charge in [0.2, 0.25) is 0 Å². The van der Waals surface area contributed by atoms with Crippen molar-refractivity contribution in [2.45, 2.75) is 38.7 Å². The Balaban J connectivity index is 2.05. The molecule has 0 unspecified atom stereocenters. The third-order valence-electron chi connectivity index (χ3n) is 3.92. The Labute approximate surface area is 130 Å². The number of amides is 1. The van der Waals surface area contributed by atoms with E-state index < -0.39 is 5.60 Å². The fourth-order valence-corrected chi connectivity index (χ4v) is 2.86. The molecule has 0 aliphatic carbocycles. The van der Waals surface area contributed by atoms with Gasteiger partial charge in [-0.25, -0.2) is 9.18 Å². The predicted molar refractivity (Wildman–Crippen MR) is 82.1 cm³/mol. The molecule has 1 fully saturated rings. The smallest absolute Gasteiger partial charge is 0.410 e. The Morgan fingerprint density at radius 1 is 1.36 bits per heavy atom. The molecule has 1 aromatic rings. The molecule has 0 bridgehead atoms. The van der Waals surface area contributed by atoms with Gasteiger partial charge in [0.05, 0.1) is 0 Å². The van der Waals surface area contributed by atoms with E-state index >= 15 is 0 Å². The fraction of sp³-hybridized carbons (Fsp3) is 0.588. The van der Waals surface area contributed by atoms with Crippen LogP contribution in [0.5, 0.6) is 0 Å². The molecular weight excluding hydrogens is 285 g/mol. The number of halogens is 1. The number of carbonyl (C=O) groups is 1. The topological polar surface area (TPSA) is 49.8 Å². The molecular formula is C17H24FNO3. The van der Waals surface area contributed by atoms with E-state index in [1.54, 1.807) is 17.0 Å². The maximum Gasteiger partial charge on any atom is 0.410 e. The molecule has 0 aromatic heterocycles. The number of hydrogen-bond donors (Lipinski definition) is 1. The van der Waals surface area contributed by atoms with Crippen LogP contribution in [0.3, 0.4) is 0 Å². The van der Waals surface area contributed by atoms with Crippen molar-refractivity contribution in [3.8, 4) is 0 Å². The van der Waals surface area contributed by atoms with Crippen LogP contribution in [0.15, 0.2) is 24.3 Å². The number of benzene rings is 1. The van der Waals surface area contributed by atoms with Gasteiger partial charge in [-0.15, -0.1) is 0 Å². The highest BCUT2D eigenvalue weighted by molar-refractivity contribution is 5.68. The highest BCUT2D eigenvalue weighted by Crippen LogP contribution is 2.33. The van der Waals surface area contributed by atoms with Gasteiger partial charge in [0.1, 0.15) is 11.4 Å². The third kappa shape index (κ3) is 4.19. The fourth-order valence-electron chi connectivity index (χ4n) is 2.86. The van der Waals surface area contributed by atoms with Crippen LogP contribution >= 0.6 is 0 Å². The number of aliphatic hydroxyl groups excluding tert-OH is 1. The zero-order chi connectivity index (χ0) is 16.3. The quantitative estimate of drug-likeness (QED) is 0.913. The molecule has 2 atom stereocenters. The summed E-state index contributed by atoms with van der Waals surface area (Å²) in [7, 11) is 0. The third-order valence-corrected chi connectivity index (χ3v) is 3.92. The maximum atomic E-state index is 13.0. The van der Waals surface area contributed by atoms with Gasteiger partial charge in [-0.3, -0.25) is 0 Å². The lowest BCUT2D eigenvalue weighted by Gasteiger charge is -2.38. The lowest BCUT2D eigenvalue weighted by atomic mass is 9.81. The van der Waals surface area contributed by atoms with E-state index in [2.05, 4.69) is 0 Å². The van der Waals surface area contributed by atoms with Gasteiger partial charge in [0, 0.05) is 25.6 Å². The van der Waals surface area contributed by atoms with Crippen molar-refractivity contribution in [2.75, 3.05) is 19.7 Å². The minimum absolute atomic E-state index is 0.0126. The first-order valence-corrected chi connectivity index (χ1v) is 7.64. The van der Waals surface area contributed by atoms with Gasteiger partial charge in [-0.2, -0.15) is 0 Å². The number of carbonyl (C=O) groups excluding carboxylic acids is 1. The summed E-state index contributed by atoms with van der Waals surface area (Å²) in [5.41, 5.74) is 0.476. The molecule has 0 spiro atoms. The Kier molecular flexibility index (Phi) is 5.06. The van der Waals surface area contributed by atoms with Gasteiger partial charge < -0.3 is 14.7 Å². The van der Waals surface area contributed by atoms with Crippen LogP contribution < -0.4 is 0 Å². The lowest BCUT2D eigenvalue weighted by molar-refractivity contribution is 0.0102. The molecule has 22 heavy (non-hydrogen) atoms. The van der Waals surface area contributed by atoms with Crippen LogP contribution in [-0.2, 0) is 4.74 Å². The Morgan fingerprint density at radius 2 is 2.00 bits per heavy atom. The van der Waals surface area contributed by atoms with Crippen molar-refractivity contribution in [1.29, 1.82) is 0 Å². The lowest BCUT2D eigenvalue weighted by Crippen LogP contribution is -2.46. The minimum atomic E-state index is -0.528. The Hall–Kier alpha value is -1.62. The standard InChI is InChI=1S/C17H24FNO3/c1-17(2,3)22-16(21)19-9-8-15(13(10-19)11-20)12-4-6-14(18)7-5-12/h4-7,13,15,20H,8-11H2,1-3H3/t13-,15+/m0/s1. The molecule has 1 aliphatic heterocycles. The average molecular weight is 309 g/mol. The number of piperidine rings is 1. The monoisotopic (exact) mass is 309 g/mol. The number of hydrogen-bond acceptors (Lipinski definition) is 3. The normalized spacial score (nSPS) is 22.5. The summed E-state index contributed by atoms with van der Waals surface area (Å²) in [6, 6.07) is 6.38. The van der Waals surface area contributed by atoms with Crippen molar-refractivity contribution < 1.29 is 19.0 Å². The molecule has 0 radical (unpaired) electrons. The highest BCUT2D eigenvalue weighted by Gasteiger charge is 2.33. The van der Waals surface area contributed by atoms with Crippen molar-refractivity contribution in [3.63, 3.8) is 0 Å². The van der Waals surface area contributed by atoms with Gasteiger partial charge in [0.15, 0.2) is 0 Å². The SMILES string of the molecule is CC(C)(C)OC(=O)N1CC[C@H](c2ccc(F)cc2)[C@H](CO)C1. The Bertz CT molecular complexity index is 510. The number of likely N-dealkylation sites (tertiary alicyclic amines) is 1. The molecule has 1 saturated heterocycles. The first-order chi connectivity index (χ1) is 10.3. The summed E-state index contributed by atoms with van der Waals surface area (Å²) in [5.74, 6) is -0.202. The van der Waals surface area contributed by atoms with Crippen LogP contribution in [-0.4, -0.2) is 41.4 Å². The summed E-state index contributed by atoms with van der Waals surface area (Å²) in [6.45, 7) is 6.52. The van der Waals surface area contributed by atoms with Crippen LogP contribution in [0, 0.1) is 11.7 Å². The largest absolute Gasteiger partial charge is 0.444 e. The van der Waals surface area contributed by atoms with Crippen LogP contribution in [0.4, 0.5) is 9.18 Å². The average Bonchev–Trinajstić information content (AvgIpc) is 2.45. The highest BCUT2D eigenvalue weighted by atomic mass is 19.1. The Morgan fingerprint density at radius 3 is 2.55 bits per heavy atom. The molecule has 122 valence electrons. The van der Waals surface area contributed by atoms with Crippen LogP contribution in [0.25, 0.3) is 0 Å². The van der Waals surface area contributed by atoms with Crippen molar-refractivity contribution in [1.82, 2.24) is 4.90 Å². The number of nitrogens with zero attached hydrogens (tertiary/aromatic N) is 1. The summed E-state index contributed by atoms with van der Waals surface area (Å²) < 4.78 is 18.4. The van der Waals surface area contributed by atoms with Crippen LogP contribution in [0.2, 0.25) is 0 Å². The molecule has 2 rings (SSSR count). The molecule has 1 aliphatic rings. The van der Waals surface area contributed by atoms with E-state index in [-0.39, 0.29) is 30.4 Å². The summed E-state index contributed by atoms with van der Waals surface area (Å²) in [4.78, 5) is 13.8. The second-order valence-electron chi connectivity index (χ2n) is 6.82. The molecule has 5 heteroatoms. The number of rotatable bonds is 2. The van der Waals surface area contributed by atoms with Crippen molar-refractivity contribution in [2.24, 2.45) is 5.92 Å².